The number of rotatable bonds is 3. The molecule has 0 atom stereocenters. The molecule has 6 rings (SSSR count). The zero-order valence-corrected chi connectivity index (χ0v) is 16.7. The van der Waals surface area contributed by atoms with Crippen LogP contribution in [0.25, 0.3) is 32.9 Å². The number of aromatic nitrogens is 1. The van der Waals surface area contributed by atoms with E-state index < -0.39 is 0 Å². The molecule has 1 aromatic heterocycles. The summed E-state index contributed by atoms with van der Waals surface area (Å²) in [6.07, 6.45) is 2.12. The summed E-state index contributed by atoms with van der Waals surface area (Å²) < 4.78 is 2.49. The van der Waals surface area contributed by atoms with Crippen LogP contribution in [0.1, 0.15) is 29.2 Å². The highest BCUT2D eigenvalue weighted by atomic mass is 15.0. The zero-order chi connectivity index (χ0) is 19.4. The van der Waals surface area contributed by atoms with Crippen LogP contribution in [0.4, 0.5) is 0 Å². The van der Waals surface area contributed by atoms with Gasteiger partial charge in [-0.05, 0) is 64.4 Å². The fourth-order valence-electron chi connectivity index (χ4n) is 4.94. The number of nitrogens with zero attached hydrogens (tertiary/aromatic N) is 1. The number of benzene rings is 4. The summed E-state index contributed by atoms with van der Waals surface area (Å²) in [6, 6.07) is 31.6. The van der Waals surface area contributed by atoms with Crippen molar-refractivity contribution in [3.63, 3.8) is 0 Å². The van der Waals surface area contributed by atoms with Crippen molar-refractivity contribution in [2.24, 2.45) is 0 Å². The van der Waals surface area contributed by atoms with Gasteiger partial charge < -0.3 is 4.57 Å². The maximum absolute atomic E-state index is 2.49. The van der Waals surface area contributed by atoms with E-state index in [1.807, 2.05) is 0 Å². The quantitative estimate of drug-likeness (QED) is 0.315. The van der Waals surface area contributed by atoms with Gasteiger partial charge in [-0.1, -0.05) is 73.7 Å². The average Bonchev–Trinajstić information content (AvgIpc) is 3.29. The van der Waals surface area contributed by atoms with Gasteiger partial charge >= 0.3 is 0 Å². The third-order valence-corrected chi connectivity index (χ3v) is 6.45. The second-order valence-electron chi connectivity index (χ2n) is 8.13. The lowest BCUT2D eigenvalue weighted by atomic mass is 10.0. The Bertz CT molecular complexity index is 1390. The third kappa shape index (κ3) is 2.54. The molecule has 0 fully saturated rings. The summed E-state index contributed by atoms with van der Waals surface area (Å²) in [6.45, 7) is 3.12. The van der Waals surface area contributed by atoms with Crippen molar-refractivity contribution in [2.75, 3.05) is 0 Å². The van der Waals surface area contributed by atoms with Crippen LogP contribution in [0.3, 0.4) is 0 Å². The van der Waals surface area contributed by atoms with Gasteiger partial charge in [-0.3, -0.25) is 0 Å². The lowest BCUT2D eigenvalue weighted by Crippen LogP contribution is -2.00. The summed E-state index contributed by atoms with van der Waals surface area (Å²) in [4.78, 5) is 0. The molecule has 1 nitrogen and oxygen atoms in total. The summed E-state index contributed by atoms with van der Waals surface area (Å²) >= 11 is 0. The molecule has 5 aromatic rings. The van der Waals surface area contributed by atoms with Crippen molar-refractivity contribution in [3.05, 3.63) is 107 Å². The SMILES string of the molecule is CCc1ccc2c3ccccc3n(Cc3ccc4c(c3)-c3ccccc3C4)c2c1. The smallest absolute Gasteiger partial charge is 0.0497 e. The monoisotopic (exact) mass is 373 g/mol. The summed E-state index contributed by atoms with van der Waals surface area (Å²) in [5.74, 6) is 0. The normalized spacial score (nSPS) is 12.4. The second kappa shape index (κ2) is 6.35. The van der Waals surface area contributed by atoms with Crippen LogP contribution in [-0.4, -0.2) is 4.57 Å². The van der Waals surface area contributed by atoms with E-state index in [-0.39, 0.29) is 0 Å². The summed E-state index contributed by atoms with van der Waals surface area (Å²) in [7, 11) is 0. The number of aryl methyl sites for hydroxylation is 1. The minimum Gasteiger partial charge on any atom is -0.336 e. The predicted molar refractivity (Wildman–Crippen MR) is 123 cm³/mol. The van der Waals surface area contributed by atoms with Crippen molar-refractivity contribution in [3.8, 4) is 11.1 Å². The van der Waals surface area contributed by atoms with Gasteiger partial charge in [-0.15, -0.1) is 0 Å². The molecular weight excluding hydrogens is 350 g/mol. The fourth-order valence-corrected chi connectivity index (χ4v) is 4.94. The molecule has 1 heterocycles. The van der Waals surface area contributed by atoms with Crippen LogP contribution >= 0.6 is 0 Å². The first-order chi connectivity index (χ1) is 14.3. The lowest BCUT2D eigenvalue weighted by Gasteiger charge is -2.11. The molecule has 0 N–H and O–H groups in total. The number of hydrogen-bond donors (Lipinski definition) is 0. The number of fused-ring (bicyclic) bond motifs is 6. The Morgan fingerprint density at radius 1 is 0.655 bits per heavy atom. The van der Waals surface area contributed by atoms with Gasteiger partial charge in [-0.2, -0.15) is 0 Å². The Morgan fingerprint density at radius 2 is 1.41 bits per heavy atom. The van der Waals surface area contributed by atoms with Crippen LogP contribution in [-0.2, 0) is 19.4 Å². The molecule has 140 valence electrons. The molecule has 0 bridgehead atoms. The predicted octanol–water partition coefficient (Wildman–Crippen LogP) is 6.98. The Morgan fingerprint density at radius 3 is 2.34 bits per heavy atom. The standard InChI is InChI=1S/C28H23N/c1-2-19-12-14-25-24-9-5-6-10-27(24)29(28(25)16-19)18-20-11-13-22-17-21-7-3-4-8-23(21)26(22)15-20/h3-16H,2,17-18H2,1H3. The highest BCUT2D eigenvalue weighted by Crippen LogP contribution is 2.37. The van der Waals surface area contributed by atoms with E-state index in [4.69, 9.17) is 0 Å². The minimum atomic E-state index is 0.895. The number of hydrogen-bond acceptors (Lipinski definition) is 0. The lowest BCUT2D eigenvalue weighted by molar-refractivity contribution is 0.868. The van der Waals surface area contributed by atoms with E-state index in [0.717, 1.165) is 19.4 Å². The minimum absolute atomic E-state index is 0.895. The summed E-state index contributed by atoms with van der Waals surface area (Å²) in [5, 5.41) is 2.70. The largest absolute Gasteiger partial charge is 0.336 e. The van der Waals surface area contributed by atoms with E-state index in [0.29, 0.717) is 0 Å². The third-order valence-electron chi connectivity index (χ3n) is 6.45. The Hall–Kier alpha value is -3.32. The molecule has 1 aliphatic carbocycles. The van der Waals surface area contributed by atoms with Gasteiger partial charge in [0.1, 0.15) is 0 Å². The number of para-hydroxylation sites is 1. The van der Waals surface area contributed by atoms with Crippen molar-refractivity contribution < 1.29 is 0 Å². The van der Waals surface area contributed by atoms with Crippen molar-refractivity contribution in [2.45, 2.75) is 26.3 Å². The van der Waals surface area contributed by atoms with Gasteiger partial charge in [0.05, 0.1) is 0 Å². The topological polar surface area (TPSA) is 4.93 Å². The van der Waals surface area contributed by atoms with Crippen molar-refractivity contribution in [1.82, 2.24) is 4.57 Å². The molecule has 1 heteroatoms. The van der Waals surface area contributed by atoms with Gasteiger partial charge in [0.2, 0.25) is 0 Å². The Labute approximate surface area is 171 Å². The van der Waals surface area contributed by atoms with Crippen LogP contribution in [0.15, 0.2) is 84.9 Å². The molecule has 29 heavy (non-hydrogen) atoms. The average molecular weight is 373 g/mol. The maximum atomic E-state index is 2.49. The first-order valence-electron chi connectivity index (χ1n) is 10.5. The van der Waals surface area contributed by atoms with Gasteiger partial charge in [-0.25, -0.2) is 0 Å². The zero-order valence-electron chi connectivity index (χ0n) is 16.7. The highest BCUT2D eigenvalue weighted by Gasteiger charge is 2.18. The molecule has 4 aromatic carbocycles. The van der Waals surface area contributed by atoms with Crippen LogP contribution in [0.2, 0.25) is 0 Å². The molecule has 0 unspecified atom stereocenters. The van der Waals surface area contributed by atoms with Gasteiger partial charge in [0.15, 0.2) is 0 Å². The van der Waals surface area contributed by atoms with Crippen LogP contribution in [0.5, 0.6) is 0 Å². The first-order valence-corrected chi connectivity index (χ1v) is 10.5. The molecule has 0 radical (unpaired) electrons. The molecule has 0 amide bonds. The van der Waals surface area contributed by atoms with E-state index in [9.17, 15) is 0 Å². The molecular formula is C28H23N. The second-order valence-corrected chi connectivity index (χ2v) is 8.13. The summed E-state index contributed by atoms with van der Waals surface area (Å²) in [5.41, 5.74) is 11.1. The molecule has 0 saturated carbocycles. The Balaban J connectivity index is 1.52. The van der Waals surface area contributed by atoms with E-state index in [1.54, 1.807) is 0 Å². The first kappa shape index (κ1) is 16.6. The fraction of sp³-hybridized carbons (Fsp3) is 0.143. The molecule has 0 aliphatic heterocycles. The van der Waals surface area contributed by atoms with Crippen molar-refractivity contribution >= 4 is 21.8 Å². The van der Waals surface area contributed by atoms with Gasteiger partial charge in [0, 0.05) is 28.4 Å². The van der Waals surface area contributed by atoms with E-state index >= 15 is 0 Å². The molecule has 0 saturated heterocycles. The van der Waals surface area contributed by atoms with Crippen molar-refractivity contribution in [1.29, 1.82) is 0 Å². The van der Waals surface area contributed by atoms with Crippen LogP contribution in [0, 0.1) is 0 Å². The Kier molecular flexibility index (Phi) is 3.64. The molecule has 0 spiro atoms. The van der Waals surface area contributed by atoms with Gasteiger partial charge in [0.25, 0.3) is 0 Å². The van der Waals surface area contributed by atoms with E-state index in [2.05, 4.69) is 96.4 Å². The van der Waals surface area contributed by atoms with Crippen LogP contribution < -0.4 is 0 Å². The maximum Gasteiger partial charge on any atom is 0.0497 e. The van der Waals surface area contributed by atoms with E-state index in [1.165, 1.54) is 55.2 Å². The highest BCUT2D eigenvalue weighted by molar-refractivity contribution is 6.08. The molecule has 1 aliphatic rings.